The summed E-state index contributed by atoms with van der Waals surface area (Å²) in [4.78, 5) is 11.8. The largest absolute Gasteiger partial charge is 0.378 e. The van der Waals surface area contributed by atoms with Crippen LogP contribution in [0.15, 0.2) is 0 Å². The summed E-state index contributed by atoms with van der Waals surface area (Å²) in [6, 6.07) is 0.151. The van der Waals surface area contributed by atoms with Crippen molar-refractivity contribution < 1.29 is 9.53 Å². The molecule has 3 N–H and O–H groups in total. The first-order valence-electron chi connectivity index (χ1n) is 6.45. The maximum absolute atomic E-state index is 11.8. The minimum Gasteiger partial charge on any atom is -0.378 e. The van der Waals surface area contributed by atoms with Crippen molar-refractivity contribution in [2.45, 2.75) is 65.1 Å². The lowest BCUT2D eigenvalue weighted by molar-refractivity contribution is -0.123. The van der Waals surface area contributed by atoms with E-state index in [0.29, 0.717) is 6.42 Å². The zero-order chi connectivity index (χ0) is 13.1. The van der Waals surface area contributed by atoms with E-state index in [0.717, 1.165) is 19.4 Å². The fraction of sp³-hybridized carbons (Fsp3) is 0.923. The van der Waals surface area contributed by atoms with E-state index in [1.54, 1.807) is 0 Å². The number of nitrogens with two attached hydrogens (primary N) is 1. The molecular weight excluding hydrogens is 216 g/mol. The van der Waals surface area contributed by atoms with Crippen molar-refractivity contribution in [3.05, 3.63) is 0 Å². The molecule has 1 fully saturated rings. The standard InChI is InChI=1S/C13H26N2O2/c1-9-7-10(5-6-17-9)15-12(16)8-11(14)13(2,3)4/h9-11H,5-8,14H2,1-4H3,(H,15,16). The maximum atomic E-state index is 11.8. The molecule has 1 saturated heterocycles. The lowest BCUT2D eigenvalue weighted by atomic mass is 9.85. The summed E-state index contributed by atoms with van der Waals surface area (Å²) in [6.45, 7) is 8.95. The molecule has 4 heteroatoms. The van der Waals surface area contributed by atoms with Gasteiger partial charge in [-0.15, -0.1) is 0 Å². The molecule has 1 rings (SSSR count). The monoisotopic (exact) mass is 242 g/mol. The van der Waals surface area contributed by atoms with Gasteiger partial charge in [0.15, 0.2) is 0 Å². The number of hydrogen-bond donors (Lipinski definition) is 2. The van der Waals surface area contributed by atoms with Crippen molar-refractivity contribution in [1.29, 1.82) is 0 Å². The molecule has 0 aromatic carbocycles. The fourth-order valence-corrected chi connectivity index (χ4v) is 1.92. The van der Waals surface area contributed by atoms with Crippen molar-refractivity contribution in [2.24, 2.45) is 11.1 Å². The van der Waals surface area contributed by atoms with Crippen LogP contribution in [-0.2, 0) is 9.53 Å². The number of amides is 1. The van der Waals surface area contributed by atoms with Gasteiger partial charge in [-0.2, -0.15) is 0 Å². The second-order valence-electron chi connectivity index (χ2n) is 6.15. The van der Waals surface area contributed by atoms with Crippen LogP contribution in [0.25, 0.3) is 0 Å². The molecule has 4 nitrogen and oxygen atoms in total. The molecule has 0 bridgehead atoms. The highest BCUT2D eigenvalue weighted by molar-refractivity contribution is 5.77. The molecule has 1 aliphatic rings. The maximum Gasteiger partial charge on any atom is 0.221 e. The molecule has 1 heterocycles. The first kappa shape index (κ1) is 14.5. The Morgan fingerprint density at radius 3 is 2.71 bits per heavy atom. The molecule has 0 spiro atoms. The topological polar surface area (TPSA) is 64.4 Å². The van der Waals surface area contributed by atoms with E-state index >= 15 is 0 Å². The van der Waals surface area contributed by atoms with Crippen LogP contribution in [0, 0.1) is 5.41 Å². The van der Waals surface area contributed by atoms with Gasteiger partial charge < -0.3 is 15.8 Å². The number of ether oxygens (including phenoxy) is 1. The Balaban J connectivity index is 2.34. The number of carbonyl (C=O) groups excluding carboxylic acids is 1. The van der Waals surface area contributed by atoms with Crippen LogP contribution in [-0.4, -0.2) is 30.7 Å². The highest BCUT2D eigenvalue weighted by Gasteiger charge is 2.25. The van der Waals surface area contributed by atoms with Gasteiger partial charge in [-0.3, -0.25) is 4.79 Å². The molecule has 0 aromatic heterocycles. The van der Waals surface area contributed by atoms with Gasteiger partial charge in [0, 0.05) is 25.1 Å². The molecule has 17 heavy (non-hydrogen) atoms. The van der Waals surface area contributed by atoms with Crippen molar-refractivity contribution in [2.75, 3.05) is 6.61 Å². The fourth-order valence-electron chi connectivity index (χ4n) is 1.92. The van der Waals surface area contributed by atoms with Crippen molar-refractivity contribution in [3.63, 3.8) is 0 Å². The van der Waals surface area contributed by atoms with E-state index in [1.807, 2.05) is 6.92 Å². The highest BCUT2D eigenvalue weighted by atomic mass is 16.5. The van der Waals surface area contributed by atoms with Crippen LogP contribution >= 0.6 is 0 Å². The summed E-state index contributed by atoms with van der Waals surface area (Å²) in [7, 11) is 0. The average Bonchev–Trinajstić information content (AvgIpc) is 2.15. The Labute approximate surface area is 104 Å². The van der Waals surface area contributed by atoms with Crippen molar-refractivity contribution in [3.8, 4) is 0 Å². The Kier molecular flexibility index (Phi) is 4.95. The molecule has 3 unspecified atom stereocenters. The van der Waals surface area contributed by atoms with E-state index < -0.39 is 0 Å². The lowest BCUT2D eigenvalue weighted by Crippen LogP contribution is -2.45. The van der Waals surface area contributed by atoms with Gasteiger partial charge in [0.2, 0.25) is 5.91 Å². The average molecular weight is 242 g/mol. The predicted octanol–water partition coefficient (Wildman–Crippen LogP) is 1.43. The van der Waals surface area contributed by atoms with Crippen molar-refractivity contribution >= 4 is 5.91 Å². The van der Waals surface area contributed by atoms with Gasteiger partial charge in [-0.25, -0.2) is 0 Å². The third-order valence-corrected chi connectivity index (χ3v) is 3.37. The SMILES string of the molecule is CC1CC(NC(=O)CC(N)C(C)(C)C)CCO1. The van der Waals surface area contributed by atoms with Gasteiger partial charge in [-0.05, 0) is 25.2 Å². The number of nitrogens with one attached hydrogen (secondary N) is 1. The van der Waals surface area contributed by atoms with Crippen LogP contribution in [0.2, 0.25) is 0 Å². The first-order valence-corrected chi connectivity index (χ1v) is 6.45. The molecular formula is C13H26N2O2. The third-order valence-electron chi connectivity index (χ3n) is 3.37. The summed E-state index contributed by atoms with van der Waals surface area (Å²) < 4.78 is 5.45. The Morgan fingerprint density at radius 1 is 1.53 bits per heavy atom. The molecule has 0 saturated carbocycles. The van der Waals surface area contributed by atoms with Gasteiger partial charge in [0.05, 0.1) is 6.10 Å². The second-order valence-corrected chi connectivity index (χ2v) is 6.15. The highest BCUT2D eigenvalue weighted by Crippen LogP contribution is 2.20. The zero-order valence-electron chi connectivity index (χ0n) is 11.5. The normalized spacial score (nSPS) is 27.6. The van der Waals surface area contributed by atoms with Crippen LogP contribution in [0.5, 0.6) is 0 Å². The number of hydrogen-bond acceptors (Lipinski definition) is 3. The van der Waals surface area contributed by atoms with Gasteiger partial charge in [0.25, 0.3) is 0 Å². The Hall–Kier alpha value is -0.610. The number of carbonyl (C=O) groups is 1. The smallest absolute Gasteiger partial charge is 0.221 e. The van der Waals surface area contributed by atoms with E-state index in [2.05, 4.69) is 26.1 Å². The third kappa shape index (κ3) is 5.04. The summed E-state index contributed by atoms with van der Waals surface area (Å²) in [5.74, 6) is 0.0616. The summed E-state index contributed by atoms with van der Waals surface area (Å²) in [5, 5.41) is 3.05. The first-order chi connectivity index (χ1) is 7.79. The molecule has 3 atom stereocenters. The van der Waals surface area contributed by atoms with Crippen LogP contribution in [0.3, 0.4) is 0 Å². The summed E-state index contributed by atoms with van der Waals surface area (Å²) in [6.07, 6.45) is 2.44. The summed E-state index contributed by atoms with van der Waals surface area (Å²) in [5.41, 5.74) is 5.97. The minimum atomic E-state index is -0.0974. The van der Waals surface area contributed by atoms with Gasteiger partial charge in [0.1, 0.15) is 0 Å². The molecule has 100 valence electrons. The van der Waals surface area contributed by atoms with Crippen LogP contribution < -0.4 is 11.1 Å². The Bertz CT molecular complexity index is 261. The second kappa shape index (κ2) is 5.83. The van der Waals surface area contributed by atoms with E-state index in [4.69, 9.17) is 10.5 Å². The predicted molar refractivity (Wildman–Crippen MR) is 68.6 cm³/mol. The molecule has 1 amide bonds. The van der Waals surface area contributed by atoms with Crippen molar-refractivity contribution in [1.82, 2.24) is 5.32 Å². The van der Waals surface area contributed by atoms with Crippen LogP contribution in [0.4, 0.5) is 0 Å². The molecule has 0 aromatic rings. The van der Waals surface area contributed by atoms with Gasteiger partial charge in [-0.1, -0.05) is 20.8 Å². The minimum absolute atomic E-state index is 0.0275. The van der Waals surface area contributed by atoms with Gasteiger partial charge >= 0.3 is 0 Å². The van der Waals surface area contributed by atoms with Crippen LogP contribution in [0.1, 0.15) is 47.0 Å². The molecule has 0 radical (unpaired) electrons. The number of rotatable bonds is 3. The van der Waals surface area contributed by atoms with E-state index in [-0.39, 0.29) is 29.5 Å². The van der Waals surface area contributed by atoms with E-state index in [9.17, 15) is 4.79 Å². The zero-order valence-corrected chi connectivity index (χ0v) is 11.5. The molecule has 1 aliphatic heterocycles. The quantitative estimate of drug-likeness (QED) is 0.787. The summed E-state index contributed by atoms with van der Waals surface area (Å²) >= 11 is 0. The lowest BCUT2D eigenvalue weighted by Gasteiger charge is -2.30. The van der Waals surface area contributed by atoms with E-state index in [1.165, 1.54) is 0 Å². The molecule has 0 aliphatic carbocycles. The Morgan fingerprint density at radius 2 is 2.18 bits per heavy atom.